The second-order valence-corrected chi connectivity index (χ2v) is 4.09. The summed E-state index contributed by atoms with van der Waals surface area (Å²) in [4.78, 5) is 10.2. The minimum atomic E-state index is -0.459. The van der Waals surface area contributed by atoms with Gasteiger partial charge in [0.1, 0.15) is 6.07 Å². The van der Waals surface area contributed by atoms with Crippen molar-refractivity contribution in [1.29, 1.82) is 5.26 Å². The fraction of sp³-hybridized carbons (Fsp3) is 0. The van der Waals surface area contributed by atoms with Crippen LogP contribution >= 0.6 is 0 Å². The lowest BCUT2D eigenvalue weighted by Gasteiger charge is -2.00. The van der Waals surface area contributed by atoms with Gasteiger partial charge in [-0.3, -0.25) is 14.5 Å². The first-order chi connectivity index (χ1) is 9.69. The first kappa shape index (κ1) is 11.8. The van der Waals surface area contributed by atoms with Crippen molar-refractivity contribution in [1.82, 2.24) is 14.6 Å². The molecule has 7 nitrogen and oxygen atoms in total. The Balaban J connectivity index is 2.14. The Kier molecular flexibility index (Phi) is 2.62. The van der Waals surface area contributed by atoms with Crippen LogP contribution in [0, 0.1) is 21.4 Å². The smallest absolute Gasteiger partial charge is 0.269 e. The average molecular weight is 265 g/mol. The Morgan fingerprint density at radius 1 is 1.15 bits per heavy atom. The highest BCUT2D eigenvalue weighted by Gasteiger charge is 2.10. The fourth-order valence-corrected chi connectivity index (χ4v) is 1.89. The zero-order valence-electron chi connectivity index (χ0n) is 10.1. The molecule has 1 aromatic carbocycles. The van der Waals surface area contributed by atoms with E-state index in [4.69, 9.17) is 5.26 Å². The van der Waals surface area contributed by atoms with E-state index in [0.717, 1.165) is 0 Å². The highest BCUT2D eigenvalue weighted by atomic mass is 16.6. The molecular weight excluding hydrogens is 258 g/mol. The van der Waals surface area contributed by atoms with Crippen LogP contribution in [0.1, 0.15) is 5.56 Å². The van der Waals surface area contributed by atoms with Crippen LogP contribution in [-0.4, -0.2) is 19.5 Å². The van der Waals surface area contributed by atoms with Crippen LogP contribution in [0.4, 0.5) is 5.69 Å². The van der Waals surface area contributed by atoms with Gasteiger partial charge >= 0.3 is 0 Å². The van der Waals surface area contributed by atoms with Crippen LogP contribution in [0.3, 0.4) is 0 Å². The topological polar surface area (TPSA) is 97.1 Å². The van der Waals surface area contributed by atoms with E-state index in [1.54, 1.807) is 34.9 Å². The minimum Gasteiger partial charge on any atom is -0.281 e. The van der Waals surface area contributed by atoms with Gasteiger partial charge in [0.25, 0.3) is 5.69 Å². The molecular formula is C13H7N5O2. The third-order valence-electron chi connectivity index (χ3n) is 2.87. The molecule has 0 aliphatic rings. The molecule has 0 aliphatic carbocycles. The van der Waals surface area contributed by atoms with Crippen LogP contribution in [-0.2, 0) is 0 Å². The second-order valence-electron chi connectivity index (χ2n) is 4.09. The van der Waals surface area contributed by atoms with Crippen LogP contribution in [0.15, 0.2) is 42.6 Å². The maximum absolute atomic E-state index is 10.6. The Morgan fingerprint density at radius 3 is 2.55 bits per heavy atom. The molecule has 0 bridgehead atoms. The zero-order valence-corrected chi connectivity index (χ0v) is 10.1. The van der Waals surface area contributed by atoms with Gasteiger partial charge in [-0.2, -0.15) is 5.26 Å². The minimum absolute atomic E-state index is 0.0142. The van der Waals surface area contributed by atoms with Crippen LogP contribution in [0.2, 0.25) is 0 Å². The third-order valence-corrected chi connectivity index (χ3v) is 2.87. The lowest BCUT2D eigenvalue weighted by Crippen LogP contribution is -1.92. The number of benzene rings is 1. The van der Waals surface area contributed by atoms with E-state index in [1.807, 2.05) is 6.07 Å². The van der Waals surface area contributed by atoms with Crippen molar-refractivity contribution in [2.75, 3.05) is 0 Å². The van der Waals surface area contributed by atoms with Crippen molar-refractivity contribution in [2.45, 2.75) is 0 Å². The van der Waals surface area contributed by atoms with Gasteiger partial charge in [0.15, 0.2) is 11.5 Å². The second kappa shape index (κ2) is 4.44. The molecule has 0 unspecified atom stereocenters. The van der Waals surface area contributed by atoms with E-state index >= 15 is 0 Å². The van der Waals surface area contributed by atoms with Gasteiger partial charge < -0.3 is 0 Å². The van der Waals surface area contributed by atoms with Gasteiger partial charge in [0.2, 0.25) is 0 Å². The Hall–Kier alpha value is -3.27. The maximum Gasteiger partial charge on any atom is 0.269 e. The van der Waals surface area contributed by atoms with Crippen LogP contribution in [0.25, 0.3) is 17.0 Å². The predicted octanol–water partition coefficient (Wildman–Crippen LogP) is 2.18. The van der Waals surface area contributed by atoms with E-state index in [1.165, 1.54) is 12.1 Å². The molecule has 20 heavy (non-hydrogen) atoms. The molecule has 0 saturated heterocycles. The van der Waals surface area contributed by atoms with Crippen LogP contribution < -0.4 is 0 Å². The SMILES string of the molecule is N#Cc1ccc2nnc(-c3ccc([N+](=O)[O-])cc3)n2c1. The highest BCUT2D eigenvalue weighted by Crippen LogP contribution is 2.21. The summed E-state index contributed by atoms with van der Waals surface area (Å²) in [5.74, 6) is 0.534. The van der Waals surface area contributed by atoms with Gasteiger partial charge in [-0.05, 0) is 24.3 Å². The lowest BCUT2D eigenvalue weighted by molar-refractivity contribution is -0.384. The summed E-state index contributed by atoms with van der Waals surface area (Å²) in [5.41, 5.74) is 1.80. The van der Waals surface area contributed by atoms with Crippen molar-refractivity contribution in [3.63, 3.8) is 0 Å². The predicted molar refractivity (Wildman–Crippen MR) is 69.8 cm³/mol. The van der Waals surface area contributed by atoms with Gasteiger partial charge in [-0.25, -0.2) is 0 Å². The van der Waals surface area contributed by atoms with Gasteiger partial charge in [-0.15, -0.1) is 10.2 Å². The number of rotatable bonds is 2. The molecule has 0 amide bonds. The summed E-state index contributed by atoms with van der Waals surface area (Å²) in [6.45, 7) is 0. The van der Waals surface area contributed by atoms with Gasteiger partial charge in [0, 0.05) is 23.9 Å². The number of hydrogen-bond acceptors (Lipinski definition) is 5. The van der Waals surface area contributed by atoms with E-state index in [0.29, 0.717) is 22.6 Å². The first-order valence-electron chi connectivity index (χ1n) is 5.69. The van der Waals surface area contributed by atoms with E-state index < -0.39 is 4.92 Å². The molecule has 0 N–H and O–H groups in total. The summed E-state index contributed by atoms with van der Waals surface area (Å²) < 4.78 is 1.68. The summed E-state index contributed by atoms with van der Waals surface area (Å²) in [5, 5.41) is 27.6. The number of nitriles is 1. The van der Waals surface area contributed by atoms with E-state index in [-0.39, 0.29) is 5.69 Å². The van der Waals surface area contributed by atoms with E-state index in [9.17, 15) is 10.1 Å². The largest absolute Gasteiger partial charge is 0.281 e. The Bertz CT molecular complexity index is 845. The van der Waals surface area contributed by atoms with Crippen LogP contribution in [0.5, 0.6) is 0 Å². The van der Waals surface area contributed by atoms with Crippen molar-refractivity contribution in [3.8, 4) is 17.5 Å². The van der Waals surface area contributed by atoms with Gasteiger partial charge in [-0.1, -0.05) is 0 Å². The van der Waals surface area contributed by atoms with Crippen molar-refractivity contribution >= 4 is 11.3 Å². The fourth-order valence-electron chi connectivity index (χ4n) is 1.89. The molecule has 3 aromatic rings. The zero-order chi connectivity index (χ0) is 14.1. The molecule has 0 aliphatic heterocycles. The molecule has 0 fully saturated rings. The average Bonchev–Trinajstić information content (AvgIpc) is 2.90. The standard InChI is InChI=1S/C13H7N5O2/c14-7-9-1-6-12-15-16-13(17(12)8-9)10-2-4-11(5-3-10)18(19)20/h1-6,8H. The number of hydrogen-bond donors (Lipinski definition) is 0. The summed E-state index contributed by atoms with van der Waals surface area (Å²) in [6.07, 6.45) is 1.63. The highest BCUT2D eigenvalue weighted by molar-refractivity contribution is 5.61. The Labute approximate surface area is 112 Å². The number of pyridine rings is 1. The van der Waals surface area contributed by atoms with Crippen molar-refractivity contribution in [3.05, 3.63) is 58.3 Å². The monoisotopic (exact) mass is 265 g/mol. The number of aromatic nitrogens is 3. The lowest BCUT2D eigenvalue weighted by atomic mass is 10.2. The summed E-state index contributed by atoms with van der Waals surface area (Å²) in [7, 11) is 0. The summed E-state index contributed by atoms with van der Waals surface area (Å²) in [6, 6.07) is 11.4. The molecule has 96 valence electrons. The van der Waals surface area contributed by atoms with Crippen molar-refractivity contribution in [2.24, 2.45) is 0 Å². The number of non-ortho nitro benzene ring substituents is 1. The molecule has 0 saturated carbocycles. The number of nitrogens with zero attached hydrogens (tertiary/aromatic N) is 5. The van der Waals surface area contributed by atoms with Crippen molar-refractivity contribution < 1.29 is 4.92 Å². The number of fused-ring (bicyclic) bond motifs is 1. The third kappa shape index (κ3) is 1.85. The normalized spacial score (nSPS) is 10.3. The molecule has 0 spiro atoms. The molecule has 7 heteroatoms. The molecule has 3 rings (SSSR count). The Morgan fingerprint density at radius 2 is 1.90 bits per heavy atom. The number of nitro benzene ring substituents is 1. The number of nitro groups is 1. The van der Waals surface area contributed by atoms with Gasteiger partial charge in [0.05, 0.1) is 10.5 Å². The molecule has 0 atom stereocenters. The van der Waals surface area contributed by atoms with E-state index in [2.05, 4.69) is 10.2 Å². The first-order valence-corrected chi connectivity index (χ1v) is 5.69. The molecule has 0 radical (unpaired) electrons. The maximum atomic E-state index is 10.6. The summed E-state index contributed by atoms with van der Waals surface area (Å²) >= 11 is 0. The quantitative estimate of drug-likeness (QED) is 0.522. The molecule has 2 heterocycles. The molecule has 2 aromatic heterocycles.